The fourth-order valence-corrected chi connectivity index (χ4v) is 4.28. The van der Waals surface area contributed by atoms with Gasteiger partial charge >= 0.3 is 11.9 Å². The summed E-state index contributed by atoms with van der Waals surface area (Å²) in [5.74, 6) is -1.11. The van der Waals surface area contributed by atoms with Gasteiger partial charge in [0, 0.05) is 61.6 Å². The third-order valence-electron chi connectivity index (χ3n) is 5.91. The molecule has 1 aliphatic heterocycles. The zero-order chi connectivity index (χ0) is 22.1. The molecule has 1 atom stereocenters. The summed E-state index contributed by atoms with van der Waals surface area (Å²) in [4.78, 5) is 27.8. The van der Waals surface area contributed by atoms with Gasteiger partial charge in [-0.1, -0.05) is 6.07 Å². The molecule has 2 aromatic carbocycles. The third kappa shape index (κ3) is 3.94. The first kappa shape index (κ1) is 20.7. The lowest BCUT2D eigenvalue weighted by Gasteiger charge is -2.38. The normalized spacial score (nSPS) is 15.7. The Hall–Kier alpha value is -3.52. The number of anilines is 1. The van der Waals surface area contributed by atoms with Crippen LogP contribution in [0.15, 0.2) is 48.7 Å². The Morgan fingerprint density at radius 2 is 1.68 bits per heavy atom. The summed E-state index contributed by atoms with van der Waals surface area (Å²) in [7, 11) is 3.44. The lowest BCUT2D eigenvalue weighted by atomic mass is 10.0. The first-order valence-corrected chi connectivity index (χ1v) is 10.1. The number of aliphatic carboxylic acids is 1. The average Bonchev–Trinajstić information content (AvgIpc) is 3.09. The maximum atomic E-state index is 12.3. The van der Waals surface area contributed by atoms with Crippen LogP contribution in [0.1, 0.15) is 22.0 Å². The summed E-state index contributed by atoms with van der Waals surface area (Å²) in [6.45, 7) is 2.63. The highest BCUT2D eigenvalue weighted by atomic mass is 16.5. The van der Waals surface area contributed by atoms with Crippen LogP contribution < -0.4 is 9.64 Å². The summed E-state index contributed by atoms with van der Waals surface area (Å²) >= 11 is 0. The van der Waals surface area contributed by atoms with Gasteiger partial charge in [0.25, 0.3) is 0 Å². The number of methoxy groups -OCH3 is 1. The molecule has 0 amide bonds. The quantitative estimate of drug-likeness (QED) is 0.629. The van der Waals surface area contributed by atoms with Crippen molar-refractivity contribution < 1.29 is 24.5 Å². The smallest absolute Gasteiger partial charge is 0.335 e. The molecule has 31 heavy (non-hydrogen) atoms. The number of aryl methyl sites for hydroxylation is 1. The Morgan fingerprint density at radius 1 is 1.00 bits per heavy atom. The van der Waals surface area contributed by atoms with Gasteiger partial charge in [0.2, 0.25) is 0 Å². The largest absolute Gasteiger partial charge is 0.497 e. The predicted octanol–water partition coefficient (Wildman–Crippen LogP) is 2.83. The molecule has 0 radical (unpaired) electrons. The van der Waals surface area contributed by atoms with Crippen molar-refractivity contribution in [3.8, 4) is 5.75 Å². The van der Waals surface area contributed by atoms with Crippen molar-refractivity contribution in [1.29, 1.82) is 0 Å². The minimum Gasteiger partial charge on any atom is -0.497 e. The summed E-state index contributed by atoms with van der Waals surface area (Å²) < 4.78 is 7.00. The number of carboxylic acid groups (broad SMARTS) is 2. The van der Waals surface area contributed by atoms with Crippen LogP contribution in [0.2, 0.25) is 0 Å². The standard InChI is InChI=1S/C23H25N3O5/c1-24-14-19(18-8-3-15(22(27)28)13-20(18)24)21(23(29)30)26-11-9-25(10-12-26)16-4-6-17(31-2)7-5-16/h3-8,13-14,21H,9-12H2,1-2H3,(H,27,28)(H,29,30)/t21-/m0/s1. The number of rotatable bonds is 6. The van der Waals surface area contributed by atoms with Crippen molar-refractivity contribution in [2.45, 2.75) is 6.04 Å². The van der Waals surface area contributed by atoms with E-state index in [-0.39, 0.29) is 5.56 Å². The molecule has 0 unspecified atom stereocenters. The minimum absolute atomic E-state index is 0.181. The van der Waals surface area contributed by atoms with Crippen LogP contribution in [-0.2, 0) is 11.8 Å². The molecule has 1 aliphatic rings. The monoisotopic (exact) mass is 423 g/mol. The van der Waals surface area contributed by atoms with Crippen LogP contribution in [-0.4, -0.2) is 64.9 Å². The second kappa shape index (κ2) is 8.31. The molecule has 8 heteroatoms. The van der Waals surface area contributed by atoms with E-state index in [1.165, 1.54) is 6.07 Å². The van der Waals surface area contributed by atoms with Crippen LogP contribution in [0.4, 0.5) is 5.69 Å². The highest BCUT2D eigenvalue weighted by Crippen LogP contribution is 2.32. The molecule has 162 valence electrons. The molecule has 4 rings (SSSR count). The highest BCUT2D eigenvalue weighted by molar-refractivity contribution is 5.96. The zero-order valence-corrected chi connectivity index (χ0v) is 17.5. The molecule has 2 heterocycles. The average molecular weight is 423 g/mol. The fourth-order valence-electron chi connectivity index (χ4n) is 4.28. The van der Waals surface area contributed by atoms with Crippen LogP contribution in [0.3, 0.4) is 0 Å². The lowest BCUT2D eigenvalue weighted by Crippen LogP contribution is -2.49. The van der Waals surface area contributed by atoms with Gasteiger partial charge in [-0.2, -0.15) is 0 Å². The second-order valence-corrected chi connectivity index (χ2v) is 7.69. The highest BCUT2D eigenvalue weighted by Gasteiger charge is 2.32. The van der Waals surface area contributed by atoms with Crippen molar-refractivity contribution in [2.75, 3.05) is 38.2 Å². The Labute approximate surface area is 179 Å². The molecule has 0 bridgehead atoms. The van der Waals surface area contributed by atoms with Crippen molar-refractivity contribution in [2.24, 2.45) is 7.05 Å². The van der Waals surface area contributed by atoms with Crippen LogP contribution in [0.5, 0.6) is 5.75 Å². The van der Waals surface area contributed by atoms with E-state index in [2.05, 4.69) is 4.90 Å². The number of carbonyl (C=O) groups is 2. The number of ether oxygens (including phenoxy) is 1. The molecule has 1 aromatic heterocycles. The van der Waals surface area contributed by atoms with E-state index in [4.69, 9.17) is 4.74 Å². The van der Waals surface area contributed by atoms with Crippen LogP contribution >= 0.6 is 0 Å². The molecule has 0 aliphatic carbocycles. The number of aromatic carboxylic acids is 1. The number of fused-ring (bicyclic) bond motifs is 1. The summed E-state index contributed by atoms with van der Waals surface area (Å²) in [5, 5.41) is 20.1. The molecule has 1 saturated heterocycles. The van der Waals surface area contributed by atoms with Gasteiger partial charge in [-0.25, -0.2) is 4.79 Å². The Morgan fingerprint density at radius 3 is 2.26 bits per heavy atom. The number of hydrogen-bond acceptors (Lipinski definition) is 5. The van der Waals surface area contributed by atoms with Crippen LogP contribution in [0, 0.1) is 0 Å². The van der Waals surface area contributed by atoms with Crippen molar-refractivity contribution >= 4 is 28.5 Å². The maximum Gasteiger partial charge on any atom is 0.335 e. The van der Waals surface area contributed by atoms with Gasteiger partial charge < -0.3 is 24.4 Å². The number of hydrogen-bond donors (Lipinski definition) is 2. The van der Waals surface area contributed by atoms with Crippen LogP contribution in [0.25, 0.3) is 10.9 Å². The minimum atomic E-state index is -1.01. The van der Waals surface area contributed by atoms with Gasteiger partial charge in [-0.05, 0) is 36.4 Å². The molecule has 2 N–H and O–H groups in total. The third-order valence-corrected chi connectivity index (χ3v) is 5.91. The summed E-state index contributed by atoms with van der Waals surface area (Å²) in [6, 6.07) is 11.9. The van der Waals surface area contributed by atoms with Gasteiger partial charge in [-0.3, -0.25) is 9.69 Å². The zero-order valence-electron chi connectivity index (χ0n) is 17.5. The molecule has 0 spiro atoms. The number of aromatic nitrogens is 1. The Balaban J connectivity index is 1.57. The van der Waals surface area contributed by atoms with Gasteiger partial charge in [0.15, 0.2) is 0 Å². The maximum absolute atomic E-state index is 12.3. The first-order valence-electron chi connectivity index (χ1n) is 10.1. The van der Waals surface area contributed by atoms with E-state index in [1.807, 2.05) is 29.2 Å². The SMILES string of the molecule is COc1ccc(N2CCN([C@H](C(=O)O)c3cn(C)c4cc(C(=O)O)ccc34)CC2)cc1. The van der Waals surface area contributed by atoms with Gasteiger partial charge in [0.1, 0.15) is 11.8 Å². The molecular formula is C23H25N3O5. The van der Waals surface area contributed by atoms with Crippen molar-refractivity contribution in [3.05, 3.63) is 59.8 Å². The predicted molar refractivity (Wildman–Crippen MR) is 117 cm³/mol. The number of piperazine rings is 1. The number of nitrogens with zero attached hydrogens (tertiary/aromatic N) is 3. The van der Waals surface area contributed by atoms with E-state index < -0.39 is 18.0 Å². The first-order chi connectivity index (χ1) is 14.9. The van der Waals surface area contributed by atoms with Gasteiger partial charge in [-0.15, -0.1) is 0 Å². The fraction of sp³-hybridized carbons (Fsp3) is 0.304. The van der Waals surface area contributed by atoms with E-state index >= 15 is 0 Å². The molecule has 8 nitrogen and oxygen atoms in total. The molecule has 0 saturated carbocycles. The Kier molecular flexibility index (Phi) is 5.56. The van der Waals surface area contributed by atoms with E-state index in [1.54, 1.807) is 37.1 Å². The number of benzene rings is 2. The lowest BCUT2D eigenvalue weighted by molar-refractivity contribution is -0.143. The van der Waals surface area contributed by atoms with E-state index in [0.717, 1.165) is 16.8 Å². The molecule has 3 aromatic rings. The Bertz CT molecular complexity index is 1110. The number of carboxylic acids is 2. The topological polar surface area (TPSA) is 95.2 Å². The molecule has 1 fully saturated rings. The van der Waals surface area contributed by atoms with Gasteiger partial charge in [0.05, 0.1) is 12.7 Å². The summed E-state index contributed by atoms with van der Waals surface area (Å²) in [5.41, 5.74) is 2.65. The van der Waals surface area contributed by atoms with Crippen molar-refractivity contribution in [1.82, 2.24) is 9.47 Å². The molecular weight excluding hydrogens is 398 g/mol. The second-order valence-electron chi connectivity index (χ2n) is 7.69. The summed E-state index contributed by atoms with van der Waals surface area (Å²) in [6.07, 6.45) is 1.80. The van der Waals surface area contributed by atoms with E-state index in [0.29, 0.717) is 37.3 Å². The van der Waals surface area contributed by atoms with Crippen molar-refractivity contribution in [3.63, 3.8) is 0 Å². The van der Waals surface area contributed by atoms with E-state index in [9.17, 15) is 19.8 Å².